The SMILES string of the molecule is CC1CCC(C)C(O)(Cc2c(Cl)cccc2Cl)C1. The summed E-state index contributed by atoms with van der Waals surface area (Å²) in [5.41, 5.74) is 0.205. The Balaban J connectivity index is 2.26. The average molecular weight is 287 g/mol. The van der Waals surface area contributed by atoms with Crippen molar-refractivity contribution in [3.05, 3.63) is 33.8 Å². The van der Waals surface area contributed by atoms with Gasteiger partial charge in [-0.25, -0.2) is 0 Å². The Morgan fingerprint density at radius 2 is 1.83 bits per heavy atom. The third-order valence-corrected chi connectivity index (χ3v) is 4.96. The van der Waals surface area contributed by atoms with Crippen LogP contribution in [0, 0.1) is 11.8 Å². The normalized spacial score (nSPS) is 32.5. The Labute approximate surface area is 119 Å². The lowest BCUT2D eigenvalue weighted by Crippen LogP contribution is -2.43. The third-order valence-electron chi connectivity index (χ3n) is 4.26. The van der Waals surface area contributed by atoms with Gasteiger partial charge in [-0.3, -0.25) is 0 Å². The summed E-state index contributed by atoms with van der Waals surface area (Å²) >= 11 is 12.4. The van der Waals surface area contributed by atoms with Gasteiger partial charge < -0.3 is 5.11 Å². The maximum Gasteiger partial charge on any atom is 0.0716 e. The van der Waals surface area contributed by atoms with Crippen molar-refractivity contribution in [1.29, 1.82) is 0 Å². The van der Waals surface area contributed by atoms with Gasteiger partial charge in [-0.15, -0.1) is 0 Å². The van der Waals surface area contributed by atoms with Crippen molar-refractivity contribution >= 4 is 23.2 Å². The van der Waals surface area contributed by atoms with E-state index in [0.717, 1.165) is 18.4 Å². The van der Waals surface area contributed by atoms with Crippen molar-refractivity contribution in [2.24, 2.45) is 11.8 Å². The van der Waals surface area contributed by atoms with Gasteiger partial charge in [-0.2, -0.15) is 0 Å². The fraction of sp³-hybridized carbons (Fsp3) is 0.600. The van der Waals surface area contributed by atoms with Crippen LogP contribution in [0.15, 0.2) is 18.2 Å². The van der Waals surface area contributed by atoms with Gasteiger partial charge in [-0.1, -0.05) is 49.5 Å². The number of hydrogen-bond acceptors (Lipinski definition) is 1. The van der Waals surface area contributed by atoms with Gasteiger partial charge in [-0.05, 0) is 42.4 Å². The molecule has 1 aliphatic carbocycles. The molecular weight excluding hydrogens is 267 g/mol. The fourth-order valence-corrected chi connectivity index (χ4v) is 3.49. The lowest BCUT2D eigenvalue weighted by molar-refractivity contribution is -0.0559. The molecule has 100 valence electrons. The second-order valence-electron chi connectivity index (χ2n) is 5.77. The van der Waals surface area contributed by atoms with Gasteiger partial charge in [0.05, 0.1) is 5.60 Å². The van der Waals surface area contributed by atoms with Gasteiger partial charge in [0.15, 0.2) is 0 Å². The molecule has 1 N–H and O–H groups in total. The second kappa shape index (κ2) is 5.40. The van der Waals surface area contributed by atoms with Crippen LogP contribution in [0.5, 0.6) is 0 Å². The minimum absolute atomic E-state index is 0.293. The molecule has 1 aromatic rings. The quantitative estimate of drug-likeness (QED) is 0.834. The van der Waals surface area contributed by atoms with Crippen LogP contribution in [0.4, 0.5) is 0 Å². The maximum atomic E-state index is 10.9. The largest absolute Gasteiger partial charge is 0.389 e. The molecule has 3 atom stereocenters. The first kappa shape index (κ1) is 14.2. The Morgan fingerprint density at radius 3 is 2.44 bits per heavy atom. The molecule has 1 saturated carbocycles. The Hall–Kier alpha value is -0.240. The minimum Gasteiger partial charge on any atom is -0.389 e. The molecule has 0 radical (unpaired) electrons. The minimum atomic E-state index is -0.674. The van der Waals surface area contributed by atoms with Crippen LogP contribution in [-0.4, -0.2) is 10.7 Å². The third kappa shape index (κ3) is 2.84. The zero-order valence-corrected chi connectivity index (χ0v) is 12.4. The van der Waals surface area contributed by atoms with Crippen molar-refractivity contribution in [2.75, 3.05) is 0 Å². The Kier molecular flexibility index (Phi) is 4.25. The zero-order valence-electron chi connectivity index (χ0n) is 10.9. The first-order valence-electron chi connectivity index (χ1n) is 6.57. The summed E-state index contributed by atoms with van der Waals surface area (Å²) in [5.74, 6) is 0.855. The first-order chi connectivity index (χ1) is 8.42. The summed E-state index contributed by atoms with van der Waals surface area (Å²) in [4.78, 5) is 0. The summed E-state index contributed by atoms with van der Waals surface area (Å²) < 4.78 is 0. The Bertz CT molecular complexity index is 412. The molecule has 3 unspecified atom stereocenters. The van der Waals surface area contributed by atoms with E-state index in [2.05, 4.69) is 13.8 Å². The molecule has 0 spiro atoms. The second-order valence-corrected chi connectivity index (χ2v) is 6.58. The maximum absolute atomic E-state index is 10.9. The average Bonchev–Trinajstić information content (AvgIpc) is 2.30. The molecule has 0 amide bonds. The standard InChI is InChI=1S/C15H20Cl2O/c1-10-6-7-11(2)15(18,8-10)9-12-13(16)4-3-5-14(12)17/h3-5,10-11,18H,6-9H2,1-2H3. The van der Waals surface area contributed by atoms with Gasteiger partial charge in [0, 0.05) is 16.5 Å². The van der Waals surface area contributed by atoms with Crippen molar-refractivity contribution < 1.29 is 5.11 Å². The summed E-state index contributed by atoms with van der Waals surface area (Å²) in [6.45, 7) is 4.32. The number of aliphatic hydroxyl groups is 1. The number of benzene rings is 1. The van der Waals surface area contributed by atoms with E-state index in [1.54, 1.807) is 0 Å². The molecule has 18 heavy (non-hydrogen) atoms. The molecule has 0 saturated heterocycles. The van der Waals surface area contributed by atoms with Crippen molar-refractivity contribution in [3.8, 4) is 0 Å². The monoisotopic (exact) mass is 286 g/mol. The molecule has 0 aromatic heterocycles. The van der Waals surface area contributed by atoms with Crippen LogP contribution in [0.25, 0.3) is 0 Å². The van der Waals surface area contributed by atoms with Gasteiger partial charge in [0.25, 0.3) is 0 Å². The predicted octanol–water partition coefficient (Wildman–Crippen LogP) is 4.72. The van der Waals surface area contributed by atoms with Crippen LogP contribution in [0.2, 0.25) is 10.0 Å². The summed E-state index contributed by atoms with van der Waals surface area (Å²) in [5, 5.41) is 12.2. The molecule has 1 aliphatic rings. The number of halogens is 2. The van der Waals surface area contributed by atoms with E-state index >= 15 is 0 Å². The van der Waals surface area contributed by atoms with Gasteiger partial charge >= 0.3 is 0 Å². The van der Waals surface area contributed by atoms with E-state index in [1.165, 1.54) is 6.42 Å². The fourth-order valence-electron chi connectivity index (χ4n) is 2.96. The molecule has 3 heteroatoms. The van der Waals surface area contributed by atoms with Crippen LogP contribution in [0.1, 0.15) is 38.7 Å². The highest BCUT2D eigenvalue weighted by Crippen LogP contribution is 2.41. The lowest BCUT2D eigenvalue weighted by Gasteiger charge is -2.41. The molecule has 1 fully saturated rings. The van der Waals surface area contributed by atoms with Crippen LogP contribution in [0.3, 0.4) is 0 Å². The molecule has 0 heterocycles. The number of hydrogen-bond donors (Lipinski definition) is 1. The molecule has 0 bridgehead atoms. The smallest absolute Gasteiger partial charge is 0.0716 e. The van der Waals surface area contributed by atoms with Crippen molar-refractivity contribution in [3.63, 3.8) is 0 Å². The first-order valence-corrected chi connectivity index (χ1v) is 7.33. The van der Waals surface area contributed by atoms with Crippen LogP contribution < -0.4 is 0 Å². The van der Waals surface area contributed by atoms with E-state index in [4.69, 9.17) is 23.2 Å². The lowest BCUT2D eigenvalue weighted by atomic mass is 9.69. The van der Waals surface area contributed by atoms with Gasteiger partial charge in [0.2, 0.25) is 0 Å². The molecule has 1 aromatic carbocycles. The van der Waals surface area contributed by atoms with E-state index in [0.29, 0.717) is 28.3 Å². The van der Waals surface area contributed by atoms with Gasteiger partial charge in [0.1, 0.15) is 0 Å². The summed E-state index contributed by atoms with van der Waals surface area (Å²) in [6, 6.07) is 5.51. The zero-order chi connectivity index (χ0) is 13.3. The summed E-state index contributed by atoms with van der Waals surface area (Å²) in [7, 11) is 0. The number of rotatable bonds is 2. The van der Waals surface area contributed by atoms with Crippen molar-refractivity contribution in [1.82, 2.24) is 0 Å². The van der Waals surface area contributed by atoms with Crippen LogP contribution >= 0.6 is 23.2 Å². The highest BCUT2D eigenvalue weighted by Gasteiger charge is 2.39. The Morgan fingerprint density at radius 1 is 1.22 bits per heavy atom. The van der Waals surface area contributed by atoms with E-state index in [1.807, 2.05) is 18.2 Å². The van der Waals surface area contributed by atoms with Crippen molar-refractivity contribution in [2.45, 2.75) is 45.1 Å². The molecular formula is C15H20Cl2O. The van der Waals surface area contributed by atoms with E-state index in [-0.39, 0.29) is 0 Å². The molecule has 1 nitrogen and oxygen atoms in total. The summed E-state index contributed by atoms with van der Waals surface area (Å²) in [6.07, 6.45) is 3.65. The highest BCUT2D eigenvalue weighted by atomic mass is 35.5. The van der Waals surface area contributed by atoms with E-state index < -0.39 is 5.60 Å². The van der Waals surface area contributed by atoms with Crippen LogP contribution in [-0.2, 0) is 6.42 Å². The van der Waals surface area contributed by atoms with E-state index in [9.17, 15) is 5.11 Å². The highest BCUT2D eigenvalue weighted by molar-refractivity contribution is 6.36. The molecule has 0 aliphatic heterocycles. The molecule has 2 rings (SSSR count). The predicted molar refractivity (Wildman–Crippen MR) is 77.3 cm³/mol. The topological polar surface area (TPSA) is 20.2 Å².